The summed E-state index contributed by atoms with van der Waals surface area (Å²) >= 11 is 1.42. The van der Waals surface area contributed by atoms with Crippen LogP contribution in [0, 0.1) is 5.41 Å². The number of hydrogen-bond acceptors (Lipinski definition) is 5. The van der Waals surface area contributed by atoms with Crippen molar-refractivity contribution in [2.24, 2.45) is 5.41 Å². The summed E-state index contributed by atoms with van der Waals surface area (Å²) in [7, 11) is 1.60. The molecule has 0 saturated carbocycles. The van der Waals surface area contributed by atoms with Gasteiger partial charge in [0.15, 0.2) is 0 Å². The van der Waals surface area contributed by atoms with Crippen molar-refractivity contribution in [1.82, 2.24) is 10.3 Å². The number of hydrogen-bond donors (Lipinski definition) is 2. The second-order valence-corrected chi connectivity index (χ2v) is 6.18. The molecule has 0 atom stereocenters. The molecule has 6 heteroatoms. The number of methoxy groups -OCH3 is 1. The van der Waals surface area contributed by atoms with Gasteiger partial charge in [-0.15, -0.1) is 11.3 Å². The van der Waals surface area contributed by atoms with Crippen LogP contribution in [0.5, 0.6) is 0 Å². The maximum Gasteiger partial charge on any atom is 0.270 e. The number of amides is 1. The van der Waals surface area contributed by atoms with Gasteiger partial charge in [-0.3, -0.25) is 4.79 Å². The summed E-state index contributed by atoms with van der Waals surface area (Å²) in [5, 5.41) is 14.5. The van der Waals surface area contributed by atoms with E-state index in [9.17, 15) is 4.79 Å². The monoisotopic (exact) mass is 286 g/mol. The summed E-state index contributed by atoms with van der Waals surface area (Å²) in [6.45, 7) is 5.20. The van der Waals surface area contributed by atoms with Crippen LogP contribution >= 0.6 is 11.3 Å². The summed E-state index contributed by atoms with van der Waals surface area (Å²) in [4.78, 5) is 16.0. The Hall–Kier alpha value is -0.980. The number of aromatic nitrogens is 1. The van der Waals surface area contributed by atoms with E-state index in [1.165, 1.54) is 11.3 Å². The van der Waals surface area contributed by atoms with E-state index in [0.717, 1.165) is 17.8 Å². The zero-order chi connectivity index (χ0) is 14.3. The maximum atomic E-state index is 11.8. The normalized spacial score (nSPS) is 11.6. The minimum absolute atomic E-state index is 0.0863. The van der Waals surface area contributed by atoms with Gasteiger partial charge in [0, 0.05) is 25.6 Å². The van der Waals surface area contributed by atoms with E-state index in [0.29, 0.717) is 18.8 Å². The van der Waals surface area contributed by atoms with Gasteiger partial charge in [0.05, 0.1) is 6.61 Å². The minimum Gasteiger partial charge on any atom is -0.396 e. The SMILES string of the molecule is COCc1nc(C(=O)NCCCC(C)(C)CO)cs1. The van der Waals surface area contributed by atoms with Crippen LogP contribution in [0.4, 0.5) is 0 Å². The molecule has 0 aliphatic heterocycles. The van der Waals surface area contributed by atoms with Crippen LogP contribution in [0.25, 0.3) is 0 Å². The first kappa shape index (κ1) is 16.1. The van der Waals surface area contributed by atoms with Gasteiger partial charge in [-0.05, 0) is 18.3 Å². The molecular weight excluding hydrogens is 264 g/mol. The highest BCUT2D eigenvalue weighted by Crippen LogP contribution is 2.20. The fraction of sp³-hybridized carbons (Fsp3) is 0.692. The number of aliphatic hydroxyl groups excluding tert-OH is 1. The van der Waals surface area contributed by atoms with E-state index < -0.39 is 0 Å². The molecule has 1 heterocycles. The van der Waals surface area contributed by atoms with Gasteiger partial charge in [-0.25, -0.2) is 4.98 Å². The second kappa shape index (κ2) is 7.57. The van der Waals surface area contributed by atoms with Crippen molar-refractivity contribution >= 4 is 17.2 Å². The number of ether oxygens (including phenoxy) is 1. The fourth-order valence-electron chi connectivity index (χ4n) is 1.54. The predicted octanol–water partition coefficient (Wildman–Crippen LogP) is 1.82. The van der Waals surface area contributed by atoms with Gasteiger partial charge in [-0.1, -0.05) is 13.8 Å². The number of nitrogens with one attached hydrogen (secondary N) is 1. The Bertz CT molecular complexity index is 404. The number of carbonyl (C=O) groups is 1. The van der Waals surface area contributed by atoms with Crippen LogP contribution < -0.4 is 5.32 Å². The fourth-order valence-corrected chi connectivity index (χ4v) is 2.29. The third-order valence-electron chi connectivity index (χ3n) is 2.80. The molecule has 2 N–H and O–H groups in total. The van der Waals surface area contributed by atoms with E-state index in [1.807, 2.05) is 13.8 Å². The largest absolute Gasteiger partial charge is 0.396 e. The van der Waals surface area contributed by atoms with Crippen LogP contribution in [0.15, 0.2) is 5.38 Å². The minimum atomic E-state index is -0.152. The van der Waals surface area contributed by atoms with Gasteiger partial charge in [0.2, 0.25) is 0 Å². The van der Waals surface area contributed by atoms with Crippen LogP contribution in [0.3, 0.4) is 0 Å². The Morgan fingerprint density at radius 2 is 2.32 bits per heavy atom. The highest BCUT2D eigenvalue weighted by molar-refractivity contribution is 7.09. The first-order valence-corrected chi connectivity index (χ1v) is 7.19. The number of thiazole rings is 1. The van der Waals surface area contributed by atoms with Gasteiger partial charge >= 0.3 is 0 Å². The summed E-state index contributed by atoms with van der Waals surface area (Å²) in [5.74, 6) is -0.152. The van der Waals surface area contributed by atoms with Gasteiger partial charge in [0.25, 0.3) is 5.91 Å². The van der Waals surface area contributed by atoms with Crippen molar-refractivity contribution in [2.75, 3.05) is 20.3 Å². The number of aliphatic hydroxyl groups is 1. The van der Waals surface area contributed by atoms with Crippen molar-refractivity contribution in [2.45, 2.75) is 33.3 Å². The average Bonchev–Trinajstić information content (AvgIpc) is 2.83. The Kier molecular flexibility index (Phi) is 6.41. The lowest BCUT2D eigenvalue weighted by molar-refractivity contribution is 0.0943. The lowest BCUT2D eigenvalue weighted by Gasteiger charge is -2.21. The summed E-state index contributed by atoms with van der Waals surface area (Å²) in [6, 6.07) is 0. The van der Waals surface area contributed by atoms with Crippen LogP contribution in [0.1, 0.15) is 42.2 Å². The summed E-state index contributed by atoms with van der Waals surface area (Å²) in [5.41, 5.74) is 0.357. The molecule has 0 aliphatic carbocycles. The molecule has 0 saturated heterocycles. The van der Waals surface area contributed by atoms with E-state index in [-0.39, 0.29) is 17.9 Å². The quantitative estimate of drug-likeness (QED) is 0.715. The highest BCUT2D eigenvalue weighted by atomic mass is 32.1. The Morgan fingerprint density at radius 3 is 2.95 bits per heavy atom. The first-order valence-electron chi connectivity index (χ1n) is 6.31. The molecule has 0 spiro atoms. The molecule has 0 bridgehead atoms. The Morgan fingerprint density at radius 1 is 1.58 bits per heavy atom. The molecule has 0 fully saturated rings. The smallest absolute Gasteiger partial charge is 0.270 e. The van der Waals surface area contributed by atoms with Crippen molar-refractivity contribution in [1.29, 1.82) is 0 Å². The molecule has 0 unspecified atom stereocenters. The van der Waals surface area contributed by atoms with E-state index >= 15 is 0 Å². The van der Waals surface area contributed by atoms with E-state index in [4.69, 9.17) is 9.84 Å². The topological polar surface area (TPSA) is 71.5 Å². The second-order valence-electron chi connectivity index (χ2n) is 5.24. The van der Waals surface area contributed by atoms with Gasteiger partial charge in [-0.2, -0.15) is 0 Å². The summed E-state index contributed by atoms with van der Waals surface area (Å²) < 4.78 is 4.96. The zero-order valence-electron chi connectivity index (χ0n) is 11.7. The third-order valence-corrected chi connectivity index (χ3v) is 3.62. The first-order chi connectivity index (χ1) is 8.98. The Balaban J connectivity index is 2.31. The number of rotatable bonds is 8. The third kappa shape index (κ3) is 5.67. The van der Waals surface area contributed by atoms with Crippen LogP contribution in [-0.4, -0.2) is 36.3 Å². The molecule has 0 aromatic carbocycles. The zero-order valence-corrected chi connectivity index (χ0v) is 12.5. The predicted molar refractivity (Wildman–Crippen MR) is 75.3 cm³/mol. The van der Waals surface area contributed by atoms with Crippen molar-refractivity contribution in [3.8, 4) is 0 Å². The van der Waals surface area contributed by atoms with Crippen LogP contribution in [-0.2, 0) is 11.3 Å². The van der Waals surface area contributed by atoms with Crippen molar-refractivity contribution in [3.05, 3.63) is 16.1 Å². The van der Waals surface area contributed by atoms with Gasteiger partial charge < -0.3 is 15.2 Å². The molecule has 5 nitrogen and oxygen atoms in total. The molecular formula is C13H22N2O3S. The van der Waals surface area contributed by atoms with Gasteiger partial charge in [0.1, 0.15) is 10.7 Å². The van der Waals surface area contributed by atoms with Crippen molar-refractivity contribution in [3.63, 3.8) is 0 Å². The molecule has 1 aromatic heterocycles. The highest BCUT2D eigenvalue weighted by Gasteiger charge is 2.16. The van der Waals surface area contributed by atoms with Crippen LogP contribution in [0.2, 0.25) is 0 Å². The molecule has 1 rings (SSSR count). The number of nitrogens with zero attached hydrogens (tertiary/aromatic N) is 1. The molecule has 1 amide bonds. The standard InChI is InChI=1S/C13H22N2O3S/c1-13(2,9-16)5-4-6-14-12(17)10-8-19-11(15-10)7-18-3/h8,16H,4-7,9H2,1-3H3,(H,14,17). The average molecular weight is 286 g/mol. The molecule has 0 aliphatic rings. The molecule has 1 aromatic rings. The number of carbonyl (C=O) groups excluding carboxylic acids is 1. The maximum absolute atomic E-state index is 11.8. The summed E-state index contributed by atoms with van der Waals surface area (Å²) in [6.07, 6.45) is 1.71. The molecule has 19 heavy (non-hydrogen) atoms. The van der Waals surface area contributed by atoms with E-state index in [2.05, 4.69) is 10.3 Å². The Labute approximate surface area is 118 Å². The van der Waals surface area contributed by atoms with Crippen molar-refractivity contribution < 1.29 is 14.6 Å². The molecule has 0 radical (unpaired) electrons. The molecule has 108 valence electrons. The lowest BCUT2D eigenvalue weighted by atomic mass is 9.89. The lowest BCUT2D eigenvalue weighted by Crippen LogP contribution is -2.26. The van der Waals surface area contributed by atoms with E-state index in [1.54, 1.807) is 12.5 Å².